The first-order valence-electron chi connectivity index (χ1n) is 8.62. The second-order valence-corrected chi connectivity index (χ2v) is 6.60. The molecule has 2 aromatic carbocycles. The molecule has 28 heavy (non-hydrogen) atoms. The van der Waals surface area contributed by atoms with Crippen molar-refractivity contribution in [2.45, 2.75) is 13.0 Å². The van der Waals surface area contributed by atoms with Crippen molar-refractivity contribution in [2.24, 2.45) is 0 Å². The molecule has 0 saturated heterocycles. The highest BCUT2D eigenvalue weighted by Gasteiger charge is 2.17. The fraction of sp³-hybridized carbons (Fsp3) is 0.143. The Morgan fingerprint density at radius 1 is 1.07 bits per heavy atom. The van der Waals surface area contributed by atoms with E-state index in [1.54, 1.807) is 49.6 Å². The summed E-state index contributed by atoms with van der Waals surface area (Å²) in [4.78, 5) is 24.1. The van der Waals surface area contributed by atoms with Crippen LogP contribution < -0.4 is 10.6 Å². The van der Waals surface area contributed by atoms with Crippen molar-refractivity contribution in [3.63, 3.8) is 0 Å². The van der Waals surface area contributed by atoms with E-state index in [0.29, 0.717) is 21.8 Å². The summed E-state index contributed by atoms with van der Waals surface area (Å²) < 4.78 is 5.32. The number of aliphatic hydroxyl groups excluding tert-OH is 1. The van der Waals surface area contributed by atoms with E-state index in [1.165, 1.54) is 0 Å². The molecule has 3 aromatic rings. The smallest absolute Gasteiger partial charge is 0.313 e. The number of amides is 2. The van der Waals surface area contributed by atoms with Gasteiger partial charge in [0, 0.05) is 22.8 Å². The third-order valence-electron chi connectivity index (χ3n) is 4.28. The molecule has 2 amide bonds. The number of anilines is 1. The van der Waals surface area contributed by atoms with Gasteiger partial charge in [-0.15, -0.1) is 0 Å². The maximum atomic E-state index is 12.0. The normalized spacial score (nSPS) is 11.7. The van der Waals surface area contributed by atoms with Crippen LogP contribution in [0.3, 0.4) is 0 Å². The van der Waals surface area contributed by atoms with Crippen molar-refractivity contribution in [3.8, 4) is 11.3 Å². The van der Waals surface area contributed by atoms with Crippen molar-refractivity contribution < 1.29 is 19.1 Å². The van der Waals surface area contributed by atoms with Crippen LogP contribution in [-0.4, -0.2) is 23.5 Å². The minimum absolute atomic E-state index is 0.0963. The number of hydrogen-bond acceptors (Lipinski definition) is 4. The minimum atomic E-state index is -0.949. The number of rotatable bonds is 5. The van der Waals surface area contributed by atoms with E-state index in [-0.39, 0.29) is 6.54 Å². The van der Waals surface area contributed by atoms with Gasteiger partial charge in [-0.3, -0.25) is 9.59 Å². The summed E-state index contributed by atoms with van der Waals surface area (Å²) in [5, 5.41) is 15.7. The van der Waals surface area contributed by atoms with Gasteiger partial charge in [0.1, 0.15) is 5.76 Å². The number of halogens is 1. The standard InChI is InChI=1S/C21H19ClN2O4/c1-13-16(22)4-2-5-17(13)24-21(27)20(26)23-12-18(25)14-7-9-15(10-8-14)19-6-3-11-28-19/h2-11,18,25H,12H2,1H3,(H,23,26)(H,24,27). The SMILES string of the molecule is Cc1c(Cl)cccc1NC(=O)C(=O)NCC(O)c1ccc(-c2ccco2)cc1. The quantitative estimate of drug-likeness (QED) is 0.571. The third-order valence-corrected chi connectivity index (χ3v) is 4.69. The number of carbonyl (C=O) groups is 2. The van der Waals surface area contributed by atoms with Gasteiger partial charge in [0.2, 0.25) is 0 Å². The zero-order valence-electron chi connectivity index (χ0n) is 15.1. The van der Waals surface area contributed by atoms with Crippen LogP contribution in [-0.2, 0) is 9.59 Å². The molecule has 0 saturated carbocycles. The zero-order chi connectivity index (χ0) is 20.1. The molecule has 0 aliphatic heterocycles. The van der Waals surface area contributed by atoms with Crippen molar-refractivity contribution in [1.82, 2.24) is 5.32 Å². The minimum Gasteiger partial charge on any atom is -0.464 e. The molecule has 1 unspecified atom stereocenters. The average molecular weight is 399 g/mol. The lowest BCUT2D eigenvalue weighted by Crippen LogP contribution is -2.37. The second-order valence-electron chi connectivity index (χ2n) is 6.19. The van der Waals surface area contributed by atoms with E-state index < -0.39 is 17.9 Å². The molecule has 7 heteroatoms. The first-order valence-corrected chi connectivity index (χ1v) is 8.99. The molecule has 1 heterocycles. The lowest BCUT2D eigenvalue weighted by atomic mass is 10.1. The Bertz CT molecular complexity index is 969. The molecular formula is C21H19ClN2O4. The summed E-state index contributed by atoms with van der Waals surface area (Å²) in [6.45, 7) is 1.65. The number of hydrogen-bond donors (Lipinski definition) is 3. The van der Waals surface area contributed by atoms with Gasteiger partial charge < -0.3 is 20.2 Å². The fourth-order valence-corrected chi connectivity index (χ4v) is 2.80. The summed E-state index contributed by atoms with van der Waals surface area (Å²) in [7, 11) is 0. The van der Waals surface area contributed by atoms with Crippen molar-refractivity contribution in [2.75, 3.05) is 11.9 Å². The van der Waals surface area contributed by atoms with Crippen LogP contribution in [0, 0.1) is 6.92 Å². The molecule has 0 fully saturated rings. The summed E-state index contributed by atoms with van der Waals surface area (Å²) in [6, 6.07) is 15.8. The predicted octanol–water partition coefficient (Wildman–Crippen LogP) is 3.70. The van der Waals surface area contributed by atoms with Crippen LogP contribution in [0.25, 0.3) is 11.3 Å². The van der Waals surface area contributed by atoms with Crippen LogP contribution in [0.1, 0.15) is 17.2 Å². The monoisotopic (exact) mass is 398 g/mol. The van der Waals surface area contributed by atoms with E-state index in [4.69, 9.17) is 16.0 Å². The number of carbonyl (C=O) groups excluding carboxylic acids is 2. The molecule has 6 nitrogen and oxygen atoms in total. The molecule has 0 aliphatic carbocycles. The van der Waals surface area contributed by atoms with Gasteiger partial charge >= 0.3 is 11.8 Å². The van der Waals surface area contributed by atoms with E-state index in [1.807, 2.05) is 18.2 Å². The summed E-state index contributed by atoms with van der Waals surface area (Å²) in [5.41, 5.74) is 2.62. The summed E-state index contributed by atoms with van der Waals surface area (Å²) >= 11 is 6.00. The number of furan rings is 1. The van der Waals surface area contributed by atoms with E-state index in [9.17, 15) is 14.7 Å². The number of benzene rings is 2. The van der Waals surface area contributed by atoms with Gasteiger partial charge in [-0.25, -0.2) is 0 Å². The van der Waals surface area contributed by atoms with E-state index in [2.05, 4.69) is 10.6 Å². The highest BCUT2D eigenvalue weighted by Crippen LogP contribution is 2.23. The van der Waals surface area contributed by atoms with Crippen LogP contribution in [0.15, 0.2) is 65.3 Å². The largest absolute Gasteiger partial charge is 0.464 e. The first kappa shape index (κ1) is 19.7. The average Bonchev–Trinajstić information content (AvgIpc) is 3.24. The molecule has 0 radical (unpaired) electrons. The molecule has 0 aliphatic rings. The van der Waals surface area contributed by atoms with Crippen LogP contribution in [0.2, 0.25) is 5.02 Å². The Morgan fingerprint density at radius 3 is 2.50 bits per heavy atom. The Balaban J connectivity index is 1.55. The van der Waals surface area contributed by atoms with Crippen LogP contribution in [0.5, 0.6) is 0 Å². The molecule has 0 bridgehead atoms. The highest BCUT2D eigenvalue weighted by molar-refractivity contribution is 6.40. The van der Waals surface area contributed by atoms with Crippen LogP contribution >= 0.6 is 11.6 Å². The number of aliphatic hydroxyl groups is 1. The molecule has 3 N–H and O–H groups in total. The van der Waals surface area contributed by atoms with Gasteiger partial charge in [0.15, 0.2) is 0 Å². The Morgan fingerprint density at radius 2 is 1.82 bits per heavy atom. The molecule has 3 rings (SSSR count). The van der Waals surface area contributed by atoms with Gasteiger partial charge in [-0.1, -0.05) is 41.9 Å². The Hall–Kier alpha value is -3.09. The van der Waals surface area contributed by atoms with Crippen molar-refractivity contribution >= 4 is 29.1 Å². The van der Waals surface area contributed by atoms with Gasteiger partial charge in [-0.05, 0) is 42.3 Å². The van der Waals surface area contributed by atoms with Crippen LogP contribution in [0.4, 0.5) is 5.69 Å². The maximum absolute atomic E-state index is 12.0. The molecule has 144 valence electrons. The first-order chi connectivity index (χ1) is 13.5. The van der Waals surface area contributed by atoms with E-state index >= 15 is 0 Å². The highest BCUT2D eigenvalue weighted by atomic mass is 35.5. The molecule has 1 aromatic heterocycles. The topological polar surface area (TPSA) is 91.6 Å². The van der Waals surface area contributed by atoms with Crippen molar-refractivity contribution in [3.05, 3.63) is 77.0 Å². The summed E-state index contributed by atoms with van der Waals surface area (Å²) in [5.74, 6) is -0.946. The number of nitrogens with one attached hydrogen (secondary N) is 2. The lowest BCUT2D eigenvalue weighted by molar-refractivity contribution is -0.136. The molecule has 1 atom stereocenters. The Kier molecular flexibility index (Phi) is 6.13. The molecular weight excluding hydrogens is 380 g/mol. The zero-order valence-corrected chi connectivity index (χ0v) is 15.9. The lowest BCUT2D eigenvalue weighted by Gasteiger charge is -2.13. The van der Waals surface area contributed by atoms with Gasteiger partial charge in [0.05, 0.1) is 12.4 Å². The third kappa shape index (κ3) is 4.60. The maximum Gasteiger partial charge on any atom is 0.313 e. The summed E-state index contributed by atoms with van der Waals surface area (Å²) in [6.07, 6.45) is 0.638. The predicted molar refractivity (Wildman–Crippen MR) is 107 cm³/mol. The van der Waals surface area contributed by atoms with Gasteiger partial charge in [-0.2, -0.15) is 0 Å². The second kappa shape index (κ2) is 8.73. The fourth-order valence-electron chi connectivity index (χ4n) is 2.62. The Labute approximate surface area is 167 Å². The van der Waals surface area contributed by atoms with Gasteiger partial charge in [0.25, 0.3) is 0 Å². The molecule has 0 spiro atoms. The van der Waals surface area contributed by atoms with E-state index in [0.717, 1.165) is 11.3 Å². The van der Waals surface area contributed by atoms with Crippen molar-refractivity contribution in [1.29, 1.82) is 0 Å².